The van der Waals surface area contributed by atoms with E-state index in [4.69, 9.17) is 21.1 Å². The molecular formula is C17H20ClNO4S. The third kappa shape index (κ3) is 4.63. The number of nitrogens with one attached hydrogen (secondary N) is 1. The van der Waals surface area contributed by atoms with Gasteiger partial charge in [-0.25, -0.2) is 13.1 Å². The second-order valence-electron chi connectivity index (χ2n) is 5.30. The van der Waals surface area contributed by atoms with Crippen molar-refractivity contribution in [2.45, 2.75) is 18.7 Å². The van der Waals surface area contributed by atoms with Gasteiger partial charge in [0.25, 0.3) is 0 Å². The van der Waals surface area contributed by atoms with Crippen LogP contribution in [0.2, 0.25) is 5.02 Å². The van der Waals surface area contributed by atoms with E-state index in [9.17, 15) is 8.42 Å². The molecule has 0 aromatic heterocycles. The van der Waals surface area contributed by atoms with Gasteiger partial charge in [-0.15, -0.1) is 0 Å². The van der Waals surface area contributed by atoms with Crippen LogP contribution < -0.4 is 14.2 Å². The summed E-state index contributed by atoms with van der Waals surface area (Å²) in [5.41, 5.74) is 1.33. The Morgan fingerprint density at radius 3 is 2.38 bits per heavy atom. The van der Waals surface area contributed by atoms with Crippen LogP contribution >= 0.6 is 11.6 Å². The Kier molecular flexibility index (Phi) is 6.10. The Morgan fingerprint density at radius 1 is 1.08 bits per heavy atom. The molecule has 0 aliphatic carbocycles. The SMILES string of the molecule is COc1ccc([C@@H](C)NS(=O)(=O)Cc2ccccc2Cl)cc1OC. The van der Waals surface area contributed by atoms with Crippen molar-refractivity contribution in [2.24, 2.45) is 0 Å². The van der Waals surface area contributed by atoms with Crippen LogP contribution in [0.1, 0.15) is 24.1 Å². The molecule has 0 amide bonds. The first-order chi connectivity index (χ1) is 11.4. The predicted molar refractivity (Wildman–Crippen MR) is 95.2 cm³/mol. The number of hydrogen-bond donors (Lipinski definition) is 1. The molecule has 1 atom stereocenters. The van der Waals surface area contributed by atoms with Crippen LogP contribution in [0.25, 0.3) is 0 Å². The summed E-state index contributed by atoms with van der Waals surface area (Å²) >= 11 is 6.03. The minimum atomic E-state index is -3.55. The highest BCUT2D eigenvalue weighted by Gasteiger charge is 2.19. The average molecular weight is 370 g/mol. The number of benzene rings is 2. The summed E-state index contributed by atoms with van der Waals surface area (Å²) in [4.78, 5) is 0. The molecular weight excluding hydrogens is 350 g/mol. The highest BCUT2D eigenvalue weighted by molar-refractivity contribution is 7.88. The monoisotopic (exact) mass is 369 g/mol. The quantitative estimate of drug-likeness (QED) is 0.810. The van der Waals surface area contributed by atoms with Crippen LogP contribution in [0, 0.1) is 0 Å². The molecule has 7 heteroatoms. The summed E-state index contributed by atoms with van der Waals surface area (Å²) in [5.74, 6) is 0.962. The lowest BCUT2D eigenvalue weighted by molar-refractivity contribution is 0.354. The van der Waals surface area contributed by atoms with Crippen LogP contribution in [0.5, 0.6) is 11.5 Å². The average Bonchev–Trinajstić information content (AvgIpc) is 2.55. The van der Waals surface area contributed by atoms with Crippen molar-refractivity contribution in [3.8, 4) is 11.5 Å². The summed E-state index contributed by atoms with van der Waals surface area (Å²) < 4.78 is 37.9. The smallest absolute Gasteiger partial charge is 0.216 e. The fraction of sp³-hybridized carbons (Fsp3) is 0.294. The van der Waals surface area contributed by atoms with Gasteiger partial charge in [-0.2, -0.15) is 0 Å². The molecule has 2 aromatic rings. The molecule has 1 N–H and O–H groups in total. The Hall–Kier alpha value is -1.76. The summed E-state index contributed by atoms with van der Waals surface area (Å²) in [5, 5.41) is 0.432. The minimum Gasteiger partial charge on any atom is -0.493 e. The van der Waals surface area contributed by atoms with E-state index in [1.807, 2.05) is 0 Å². The van der Waals surface area contributed by atoms with Crippen molar-refractivity contribution in [1.82, 2.24) is 4.72 Å². The van der Waals surface area contributed by atoms with Gasteiger partial charge in [0.1, 0.15) is 0 Å². The fourth-order valence-corrected chi connectivity index (χ4v) is 4.02. The van der Waals surface area contributed by atoms with E-state index in [2.05, 4.69) is 4.72 Å². The molecule has 24 heavy (non-hydrogen) atoms. The first-order valence-corrected chi connectivity index (χ1v) is 9.34. The Labute approximate surface area is 147 Å². The third-order valence-corrected chi connectivity index (χ3v) is 5.34. The summed E-state index contributed by atoms with van der Waals surface area (Å²) in [6.07, 6.45) is 0. The van der Waals surface area contributed by atoms with Gasteiger partial charge in [0.15, 0.2) is 11.5 Å². The lowest BCUT2D eigenvalue weighted by atomic mass is 10.1. The van der Waals surface area contributed by atoms with Gasteiger partial charge in [0.05, 0.1) is 20.0 Å². The number of ether oxygens (including phenoxy) is 2. The van der Waals surface area contributed by atoms with Crippen LogP contribution in [-0.4, -0.2) is 22.6 Å². The van der Waals surface area contributed by atoms with E-state index >= 15 is 0 Å². The highest BCUT2D eigenvalue weighted by Crippen LogP contribution is 2.30. The van der Waals surface area contributed by atoms with E-state index in [-0.39, 0.29) is 5.75 Å². The van der Waals surface area contributed by atoms with Crippen LogP contribution in [0.4, 0.5) is 0 Å². The standard InChI is InChI=1S/C17H20ClNO4S/c1-12(13-8-9-16(22-2)17(10-13)23-3)19-24(20,21)11-14-6-4-5-7-15(14)18/h4-10,12,19H,11H2,1-3H3/t12-/m1/s1. The van der Waals surface area contributed by atoms with E-state index in [1.165, 1.54) is 7.11 Å². The second kappa shape index (κ2) is 7.88. The Balaban J connectivity index is 2.16. The maximum absolute atomic E-state index is 12.4. The molecule has 0 aliphatic heterocycles. The number of rotatable bonds is 7. The minimum absolute atomic E-state index is 0.176. The van der Waals surface area contributed by atoms with Crippen LogP contribution in [0.15, 0.2) is 42.5 Å². The van der Waals surface area contributed by atoms with Crippen molar-refractivity contribution in [3.63, 3.8) is 0 Å². The predicted octanol–water partition coefficient (Wildman–Crippen LogP) is 3.54. The summed E-state index contributed by atoms with van der Waals surface area (Å²) in [6.45, 7) is 1.77. The number of hydrogen-bond acceptors (Lipinski definition) is 4. The topological polar surface area (TPSA) is 64.6 Å². The first-order valence-electron chi connectivity index (χ1n) is 7.31. The number of halogens is 1. The highest BCUT2D eigenvalue weighted by atomic mass is 35.5. The Morgan fingerprint density at radius 2 is 1.75 bits per heavy atom. The molecule has 0 aliphatic rings. The Bertz CT molecular complexity index is 808. The molecule has 0 fully saturated rings. The van der Waals surface area contributed by atoms with E-state index in [0.29, 0.717) is 22.1 Å². The van der Waals surface area contributed by atoms with Crippen LogP contribution in [0.3, 0.4) is 0 Å². The normalized spacial score (nSPS) is 12.7. The van der Waals surface area contributed by atoms with Gasteiger partial charge < -0.3 is 9.47 Å². The third-order valence-electron chi connectivity index (χ3n) is 3.57. The molecule has 2 aromatic carbocycles. The van der Waals surface area contributed by atoms with Gasteiger partial charge >= 0.3 is 0 Å². The molecule has 0 unspecified atom stereocenters. The van der Waals surface area contributed by atoms with Gasteiger partial charge in [-0.3, -0.25) is 0 Å². The lowest BCUT2D eigenvalue weighted by Gasteiger charge is -2.17. The zero-order valence-corrected chi connectivity index (χ0v) is 15.3. The van der Waals surface area contributed by atoms with Gasteiger partial charge in [0, 0.05) is 11.1 Å². The zero-order chi connectivity index (χ0) is 17.7. The zero-order valence-electron chi connectivity index (χ0n) is 13.7. The second-order valence-corrected chi connectivity index (χ2v) is 7.47. The van der Waals surface area contributed by atoms with Crippen molar-refractivity contribution in [2.75, 3.05) is 14.2 Å². The van der Waals surface area contributed by atoms with Crippen molar-refractivity contribution in [3.05, 3.63) is 58.6 Å². The van der Waals surface area contributed by atoms with E-state index in [1.54, 1.807) is 56.5 Å². The summed E-state index contributed by atoms with van der Waals surface area (Å²) in [6, 6.07) is 11.8. The fourth-order valence-electron chi connectivity index (χ4n) is 2.32. The molecule has 130 valence electrons. The lowest BCUT2D eigenvalue weighted by Crippen LogP contribution is -2.28. The molecule has 0 saturated carbocycles. The molecule has 0 heterocycles. The number of sulfonamides is 1. The first kappa shape index (κ1) is 18.6. The largest absolute Gasteiger partial charge is 0.493 e. The maximum Gasteiger partial charge on any atom is 0.216 e. The molecule has 5 nitrogen and oxygen atoms in total. The van der Waals surface area contributed by atoms with Crippen molar-refractivity contribution >= 4 is 21.6 Å². The molecule has 0 radical (unpaired) electrons. The van der Waals surface area contributed by atoms with Gasteiger partial charge in [-0.1, -0.05) is 35.9 Å². The van der Waals surface area contributed by atoms with Crippen molar-refractivity contribution < 1.29 is 17.9 Å². The molecule has 0 bridgehead atoms. The molecule has 0 spiro atoms. The number of methoxy groups -OCH3 is 2. The van der Waals surface area contributed by atoms with Crippen molar-refractivity contribution in [1.29, 1.82) is 0 Å². The summed E-state index contributed by atoms with van der Waals surface area (Å²) in [7, 11) is -0.462. The molecule has 2 rings (SSSR count). The van der Waals surface area contributed by atoms with E-state index in [0.717, 1.165) is 5.56 Å². The van der Waals surface area contributed by atoms with E-state index < -0.39 is 16.1 Å². The maximum atomic E-state index is 12.4. The van der Waals surface area contributed by atoms with Gasteiger partial charge in [0.2, 0.25) is 10.0 Å². The molecule has 0 saturated heterocycles. The van der Waals surface area contributed by atoms with Gasteiger partial charge in [-0.05, 0) is 36.2 Å². The van der Waals surface area contributed by atoms with Crippen LogP contribution in [-0.2, 0) is 15.8 Å².